The van der Waals surface area contributed by atoms with Gasteiger partial charge in [-0.15, -0.1) is 0 Å². The predicted molar refractivity (Wildman–Crippen MR) is 126 cm³/mol. The third-order valence-corrected chi connectivity index (χ3v) is 7.26. The molecule has 0 aliphatic rings. The molecule has 0 saturated carbocycles. The normalized spacial score (nSPS) is 12.4. The van der Waals surface area contributed by atoms with Crippen molar-refractivity contribution in [3.05, 3.63) is 90.0 Å². The molecule has 0 aromatic heterocycles. The molecule has 0 heterocycles. The Morgan fingerprint density at radius 3 is 2.16 bits per heavy atom. The fourth-order valence-corrected chi connectivity index (χ4v) is 4.78. The van der Waals surface area contributed by atoms with Crippen molar-refractivity contribution in [2.24, 2.45) is 0 Å². The van der Waals surface area contributed by atoms with Gasteiger partial charge in [-0.1, -0.05) is 49.4 Å². The van der Waals surface area contributed by atoms with E-state index in [9.17, 15) is 13.2 Å². The van der Waals surface area contributed by atoms with Crippen molar-refractivity contribution >= 4 is 21.6 Å². The van der Waals surface area contributed by atoms with E-state index in [0.717, 1.165) is 6.42 Å². The van der Waals surface area contributed by atoms with Gasteiger partial charge in [-0.2, -0.15) is 4.31 Å². The Labute approximate surface area is 189 Å². The predicted octanol–water partition coefficient (Wildman–Crippen LogP) is 4.65. The van der Waals surface area contributed by atoms with Crippen LogP contribution in [0.3, 0.4) is 0 Å². The largest absolute Gasteiger partial charge is 0.497 e. The second kappa shape index (κ2) is 10.4. The van der Waals surface area contributed by atoms with Gasteiger partial charge in [0.1, 0.15) is 5.75 Å². The standard InChI is InChI=1S/C25H28N2O4S/c1-4-19-10-14-21(15-11-19)26-25(28)18-24(20-12-16-22(31-3)17-13-20)27(2)32(29,30)23-8-6-5-7-9-23/h5-17,24H,4,18H2,1-3H3,(H,26,28)/t24-/m1/s1. The van der Waals surface area contributed by atoms with E-state index in [1.165, 1.54) is 16.9 Å². The number of rotatable bonds is 9. The molecule has 0 bridgehead atoms. The lowest BCUT2D eigenvalue weighted by molar-refractivity contribution is -0.117. The van der Waals surface area contributed by atoms with Crippen LogP contribution in [0.5, 0.6) is 5.75 Å². The average molecular weight is 453 g/mol. The van der Waals surface area contributed by atoms with Crippen LogP contribution >= 0.6 is 0 Å². The van der Waals surface area contributed by atoms with Crippen molar-refractivity contribution in [1.29, 1.82) is 0 Å². The molecule has 0 aliphatic carbocycles. The Morgan fingerprint density at radius 1 is 0.969 bits per heavy atom. The van der Waals surface area contributed by atoms with Crippen molar-refractivity contribution < 1.29 is 17.9 Å². The van der Waals surface area contributed by atoms with Crippen molar-refractivity contribution in [2.75, 3.05) is 19.5 Å². The minimum atomic E-state index is -3.81. The quantitative estimate of drug-likeness (QED) is 0.513. The number of nitrogens with one attached hydrogen (secondary N) is 1. The van der Waals surface area contributed by atoms with E-state index >= 15 is 0 Å². The number of carbonyl (C=O) groups is 1. The summed E-state index contributed by atoms with van der Waals surface area (Å²) >= 11 is 0. The number of sulfonamides is 1. The number of hydrogen-bond acceptors (Lipinski definition) is 4. The van der Waals surface area contributed by atoms with E-state index in [0.29, 0.717) is 17.0 Å². The third kappa shape index (κ3) is 5.55. The van der Waals surface area contributed by atoms with Crippen LogP contribution in [0.4, 0.5) is 5.69 Å². The highest BCUT2D eigenvalue weighted by Gasteiger charge is 2.31. The van der Waals surface area contributed by atoms with E-state index in [1.807, 2.05) is 24.3 Å². The Bertz CT molecular complexity index is 1130. The molecule has 6 nitrogen and oxygen atoms in total. The second-order valence-corrected chi connectivity index (χ2v) is 9.42. The maximum Gasteiger partial charge on any atom is 0.243 e. The topological polar surface area (TPSA) is 75.7 Å². The van der Waals surface area contributed by atoms with Gasteiger partial charge >= 0.3 is 0 Å². The molecule has 0 fully saturated rings. The first-order valence-corrected chi connectivity index (χ1v) is 11.8. The number of benzene rings is 3. The fraction of sp³-hybridized carbons (Fsp3) is 0.240. The van der Waals surface area contributed by atoms with Crippen LogP contribution in [0.15, 0.2) is 83.8 Å². The van der Waals surface area contributed by atoms with Gasteiger partial charge in [0, 0.05) is 19.2 Å². The zero-order valence-electron chi connectivity index (χ0n) is 18.5. The molecule has 32 heavy (non-hydrogen) atoms. The molecule has 3 rings (SSSR count). The molecule has 1 atom stereocenters. The number of ether oxygens (including phenoxy) is 1. The van der Waals surface area contributed by atoms with Crippen molar-refractivity contribution in [1.82, 2.24) is 4.31 Å². The maximum atomic E-state index is 13.2. The molecule has 3 aromatic rings. The smallest absolute Gasteiger partial charge is 0.243 e. The number of anilines is 1. The second-order valence-electron chi connectivity index (χ2n) is 7.43. The van der Waals surface area contributed by atoms with Crippen molar-refractivity contribution in [2.45, 2.75) is 30.7 Å². The van der Waals surface area contributed by atoms with Crippen molar-refractivity contribution in [3.63, 3.8) is 0 Å². The van der Waals surface area contributed by atoms with Gasteiger partial charge < -0.3 is 10.1 Å². The van der Waals surface area contributed by atoms with Gasteiger partial charge in [0.15, 0.2) is 0 Å². The number of hydrogen-bond donors (Lipinski definition) is 1. The molecule has 0 aliphatic heterocycles. The summed E-state index contributed by atoms with van der Waals surface area (Å²) in [6, 6.07) is 22.2. The number of methoxy groups -OCH3 is 1. The summed E-state index contributed by atoms with van der Waals surface area (Å²) in [4.78, 5) is 13.1. The highest BCUT2D eigenvalue weighted by Crippen LogP contribution is 2.30. The van der Waals surface area contributed by atoms with E-state index in [2.05, 4.69) is 12.2 Å². The van der Waals surface area contributed by atoms with Gasteiger partial charge in [-0.05, 0) is 53.9 Å². The van der Waals surface area contributed by atoms with Crippen LogP contribution in [0.1, 0.15) is 30.5 Å². The molecular weight excluding hydrogens is 424 g/mol. The summed E-state index contributed by atoms with van der Waals surface area (Å²) in [5.41, 5.74) is 2.55. The fourth-order valence-electron chi connectivity index (χ4n) is 3.42. The lowest BCUT2D eigenvalue weighted by Gasteiger charge is -2.28. The minimum Gasteiger partial charge on any atom is -0.497 e. The molecule has 1 N–H and O–H groups in total. The van der Waals surface area contributed by atoms with Gasteiger partial charge in [-0.3, -0.25) is 4.79 Å². The van der Waals surface area contributed by atoms with Gasteiger partial charge in [0.2, 0.25) is 15.9 Å². The highest BCUT2D eigenvalue weighted by molar-refractivity contribution is 7.89. The Balaban J connectivity index is 1.88. The minimum absolute atomic E-state index is 0.0373. The third-order valence-electron chi connectivity index (χ3n) is 5.38. The van der Waals surface area contributed by atoms with Gasteiger partial charge in [-0.25, -0.2) is 8.42 Å². The summed E-state index contributed by atoms with van der Waals surface area (Å²) in [5, 5.41) is 2.88. The first kappa shape index (κ1) is 23.5. The lowest BCUT2D eigenvalue weighted by atomic mass is 10.0. The number of amides is 1. The number of carbonyl (C=O) groups excluding carboxylic acids is 1. The molecule has 3 aromatic carbocycles. The van der Waals surface area contributed by atoms with E-state index in [4.69, 9.17) is 4.74 Å². The summed E-state index contributed by atoms with van der Waals surface area (Å²) < 4.78 is 33.0. The van der Waals surface area contributed by atoms with E-state index in [-0.39, 0.29) is 17.2 Å². The first-order valence-electron chi connectivity index (χ1n) is 10.4. The monoisotopic (exact) mass is 452 g/mol. The number of nitrogens with zero attached hydrogens (tertiary/aromatic N) is 1. The van der Waals surface area contributed by atoms with Gasteiger partial charge in [0.05, 0.1) is 18.0 Å². The van der Waals surface area contributed by atoms with Crippen LogP contribution in [-0.4, -0.2) is 32.8 Å². The molecule has 0 spiro atoms. The molecule has 0 radical (unpaired) electrons. The summed E-state index contributed by atoms with van der Waals surface area (Å²) in [7, 11) is -0.742. The summed E-state index contributed by atoms with van der Waals surface area (Å²) in [6.07, 6.45) is 0.875. The molecular formula is C25H28N2O4S. The average Bonchev–Trinajstić information content (AvgIpc) is 2.83. The van der Waals surface area contributed by atoms with E-state index in [1.54, 1.807) is 61.7 Å². The Morgan fingerprint density at radius 2 is 1.59 bits per heavy atom. The summed E-state index contributed by atoms with van der Waals surface area (Å²) in [5.74, 6) is 0.381. The number of aryl methyl sites for hydroxylation is 1. The highest BCUT2D eigenvalue weighted by atomic mass is 32.2. The zero-order chi connectivity index (χ0) is 23.1. The molecule has 0 unspecified atom stereocenters. The first-order chi connectivity index (χ1) is 15.3. The zero-order valence-corrected chi connectivity index (χ0v) is 19.3. The molecule has 0 saturated heterocycles. The van der Waals surface area contributed by atoms with E-state index < -0.39 is 16.1 Å². The van der Waals surface area contributed by atoms with Crippen LogP contribution in [0, 0.1) is 0 Å². The SMILES string of the molecule is CCc1ccc(NC(=O)C[C@H](c2ccc(OC)cc2)N(C)S(=O)(=O)c2ccccc2)cc1. The molecule has 7 heteroatoms. The molecule has 168 valence electrons. The summed E-state index contributed by atoms with van der Waals surface area (Å²) in [6.45, 7) is 2.07. The lowest BCUT2D eigenvalue weighted by Crippen LogP contribution is -2.33. The Kier molecular flexibility index (Phi) is 7.66. The Hall–Kier alpha value is -3.16. The van der Waals surface area contributed by atoms with Crippen LogP contribution in [-0.2, 0) is 21.2 Å². The van der Waals surface area contributed by atoms with Crippen LogP contribution in [0.2, 0.25) is 0 Å². The van der Waals surface area contributed by atoms with Gasteiger partial charge in [0.25, 0.3) is 0 Å². The van der Waals surface area contributed by atoms with Crippen LogP contribution < -0.4 is 10.1 Å². The van der Waals surface area contributed by atoms with Crippen LogP contribution in [0.25, 0.3) is 0 Å². The van der Waals surface area contributed by atoms with Crippen molar-refractivity contribution in [3.8, 4) is 5.75 Å². The maximum absolute atomic E-state index is 13.2. The molecule has 1 amide bonds.